The van der Waals surface area contributed by atoms with Crippen LogP contribution in [0.5, 0.6) is 0 Å². The van der Waals surface area contributed by atoms with E-state index in [0.717, 1.165) is 27.7 Å². The average molecular weight is 438 g/mol. The first-order valence-electron chi connectivity index (χ1n) is 10.2. The van der Waals surface area contributed by atoms with Gasteiger partial charge in [-0.2, -0.15) is 0 Å². The molecule has 0 radical (unpaired) electrons. The molecule has 32 heavy (non-hydrogen) atoms. The van der Waals surface area contributed by atoms with Crippen molar-refractivity contribution in [3.05, 3.63) is 97.2 Å². The fraction of sp³-hybridized carbons (Fsp3) is 0.0385. The van der Waals surface area contributed by atoms with Gasteiger partial charge >= 0.3 is 0 Å². The molecule has 3 aromatic carbocycles. The molecular formula is C26H19N3O2S. The largest absolute Gasteiger partial charge is 0.431 e. The number of carbonyl (C=O) groups excluding carboxylic acids is 1. The smallest absolute Gasteiger partial charge is 0.257 e. The third-order valence-corrected chi connectivity index (χ3v) is 5.72. The Morgan fingerprint density at radius 2 is 1.56 bits per heavy atom. The van der Waals surface area contributed by atoms with Crippen LogP contribution in [0.4, 0.5) is 5.69 Å². The van der Waals surface area contributed by atoms with E-state index in [1.165, 1.54) is 11.8 Å². The van der Waals surface area contributed by atoms with Crippen LogP contribution in [0, 0.1) is 0 Å². The van der Waals surface area contributed by atoms with Crippen molar-refractivity contribution >= 4 is 34.3 Å². The second kappa shape index (κ2) is 9.08. The van der Waals surface area contributed by atoms with Gasteiger partial charge in [-0.05, 0) is 12.1 Å². The number of aromatic nitrogens is 2. The topological polar surface area (TPSA) is 68.0 Å². The predicted molar refractivity (Wildman–Crippen MR) is 128 cm³/mol. The number of fused-ring (bicyclic) bond motifs is 1. The molecular weight excluding hydrogens is 418 g/mol. The molecule has 6 heteroatoms. The van der Waals surface area contributed by atoms with Crippen molar-refractivity contribution in [2.45, 2.75) is 5.22 Å². The number of hydrogen-bond acceptors (Lipinski definition) is 5. The van der Waals surface area contributed by atoms with Crippen LogP contribution in [-0.4, -0.2) is 21.6 Å². The Morgan fingerprint density at radius 3 is 2.34 bits per heavy atom. The normalized spacial score (nSPS) is 10.9. The van der Waals surface area contributed by atoms with Gasteiger partial charge in [0, 0.05) is 16.5 Å². The number of pyridine rings is 1. The number of para-hydroxylation sites is 1. The Bertz CT molecular complexity index is 1310. The minimum atomic E-state index is -0.146. The van der Waals surface area contributed by atoms with Crippen molar-refractivity contribution in [1.29, 1.82) is 0 Å². The minimum absolute atomic E-state index is 0.146. The highest BCUT2D eigenvalue weighted by Gasteiger charge is 2.18. The van der Waals surface area contributed by atoms with Gasteiger partial charge in [0.25, 0.3) is 5.22 Å². The van der Waals surface area contributed by atoms with Crippen molar-refractivity contribution in [2.75, 3.05) is 11.1 Å². The molecule has 0 spiro atoms. The molecule has 0 aliphatic heterocycles. The first-order chi connectivity index (χ1) is 15.8. The van der Waals surface area contributed by atoms with Crippen LogP contribution in [0.2, 0.25) is 0 Å². The van der Waals surface area contributed by atoms with Gasteiger partial charge in [-0.3, -0.25) is 9.78 Å². The summed E-state index contributed by atoms with van der Waals surface area (Å²) < 4.78 is 6.07. The van der Waals surface area contributed by atoms with Gasteiger partial charge in [-0.25, -0.2) is 4.98 Å². The number of carbonyl (C=O) groups is 1. The van der Waals surface area contributed by atoms with E-state index in [4.69, 9.17) is 4.42 Å². The Balaban J connectivity index is 1.33. The van der Waals surface area contributed by atoms with Gasteiger partial charge in [0.1, 0.15) is 5.69 Å². The standard InChI is InChI=1S/C26H19N3O2S/c30-23(28-21-15-20-13-7-8-14-22(20)27-16-21)17-32-26-29-24(18-9-3-1-4-10-18)25(31-26)19-11-5-2-6-12-19/h1-16H,17H2,(H,28,30). The van der Waals surface area contributed by atoms with Crippen molar-refractivity contribution in [3.8, 4) is 22.6 Å². The van der Waals surface area contributed by atoms with Crippen molar-refractivity contribution in [3.63, 3.8) is 0 Å². The highest BCUT2D eigenvalue weighted by molar-refractivity contribution is 7.99. The number of oxazole rings is 1. The number of amides is 1. The minimum Gasteiger partial charge on any atom is -0.431 e. The SMILES string of the molecule is O=C(CSc1nc(-c2ccccc2)c(-c2ccccc2)o1)Nc1cnc2ccccc2c1. The van der Waals surface area contributed by atoms with Gasteiger partial charge in [-0.1, -0.05) is 90.6 Å². The molecule has 1 amide bonds. The molecule has 5 aromatic rings. The third kappa shape index (κ3) is 4.40. The Morgan fingerprint density at radius 1 is 0.875 bits per heavy atom. The summed E-state index contributed by atoms with van der Waals surface area (Å²) in [6, 6.07) is 29.5. The first-order valence-corrected chi connectivity index (χ1v) is 11.1. The molecule has 5 nitrogen and oxygen atoms in total. The lowest BCUT2D eigenvalue weighted by Crippen LogP contribution is -2.14. The molecule has 0 unspecified atom stereocenters. The molecule has 2 aromatic heterocycles. The lowest BCUT2D eigenvalue weighted by molar-refractivity contribution is -0.113. The number of thioether (sulfide) groups is 1. The van der Waals surface area contributed by atoms with Gasteiger partial charge in [0.05, 0.1) is 23.2 Å². The lowest BCUT2D eigenvalue weighted by atomic mass is 10.1. The highest BCUT2D eigenvalue weighted by Crippen LogP contribution is 2.35. The van der Waals surface area contributed by atoms with Crippen LogP contribution in [0.1, 0.15) is 0 Å². The zero-order chi connectivity index (χ0) is 21.8. The monoisotopic (exact) mass is 437 g/mol. The molecule has 0 atom stereocenters. The van der Waals surface area contributed by atoms with Crippen LogP contribution in [0.25, 0.3) is 33.5 Å². The third-order valence-electron chi connectivity index (χ3n) is 4.89. The Kier molecular flexibility index (Phi) is 5.68. The number of hydrogen-bond donors (Lipinski definition) is 1. The summed E-state index contributed by atoms with van der Waals surface area (Å²) in [5.41, 5.74) is 4.22. The van der Waals surface area contributed by atoms with Gasteiger partial charge in [0.2, 0.25) is 5.91 Å². The van der Waals surface area contributed by atoms with Crippen molar-refractivity contribution in [1.82, 2.24) is 9.97 Å². The zero-order valence-electron chi connectivity index (χ0n) is 17.1. The van der Waals surface area contributed by atoms with Crippen LogP contribution in [0.15, 0.2) is 107 Å². The van der Waals surface area contributed by atoms with Crippen molar-refractivity contribution < 1.29 is 9.21 Å². The molecule has 0 aliphatic rings. The van der Waals surface area contributed by atoms with E-state index >= 15 is 0 Å². The maximum absolute atomic E-state index is 12.5. The van der Waals surface area contributed by atoms with Gasteiger partial charge in [-0.15, -0.1) is 0 Å². The maximum atomic E-state index is 12.5. The average Bonchev–Trinajstić information content (AvgIpc) is 3.28. The van der Waals surface area contributed by atoms with Gasteiger partial charge in [0.15, 0.2) is 5.76 Å². The fourth-order valence-electron chi connectivity index (χ4n) is 3.40. The molecule has 0 saturated carbocycles. The number of benzene rings is 3. The van der Waals surface area contributed by atoms with Gasteiger partial charge < -0.3 is 9.73 Å². The maximum Gasteiger partial charge on any atom is 0.257 e. The number of anilines is 1. The van der Waals surface area contributed by atoms with Crippen LogP contribution in [-0.2, 0) is 4.79 Å². The van der Waals surface area contributed by atoms with E-state index < -0.39 is 0 Å². The second-order valence-corrected chi connectivity index (χ2v) is 8.07. The quantitative estimate of drug-likeness (QED) is 0.316. The van der Waals surface area contributed by atoms with E-state index in [1.54, 1.807) is 6.20 Å². The molecule has 2 heterocycles. The summed E-state index contributed by atoms with van der Waals surface area (Å²) in [6.45, 7) is 0. The van der Waals surface area contributed by atoms with E-state index in [1.807, 2.05) is 91.0 Å². The number of nitrogens with one attached hydrogen (secondary N) is 1. The molecule has 0 aliphatic carbocycles. The molecule has 0 saturated heterocycles. The molecule has 5 rings (SSSR count). The Labute approximate surface area is 189 Å². The van der Waals surface area contributed by atoms with Crippen LogP contribution < -0.4 is 5.32 Å². The molecule has 156 valence electrons. The Hall–Kier alpha value is -3.90. The zero-order valence-corrected chi connectivity index (χ0v) is 17.9. The predicted octanol–water partition coefficient (Wildman–Crippen LogP) is 6.29. The number of nitrogens with zero attached hydrogens (tertiary/aromatic N) is 2. The van der Waals surface area contributed by atoms with E-state index in [2.05, 4.69) is 15.3 Å². The van der Waals surface area contributed by atoms with Crippen LogP contribution >= 0.6 is 11.8 Å². The fourth-order valence-corrected chi connectivity index (χ4v) is 4.03. The molecule has 0 bridgehead atoms. The first kappa shape index (κ1) is 20.0. The molecule has 1 N–H and O–H groups in total. The summed E-state index contributed by atoms with van der Waals surface area (Å²) in [5.74, 6) is 0.724. The van der Waals surface area contributed by atoms with E-state index in [0.29, 0.717) is 16.7 Å². The highest BCUT2D eigenvalue weighted by atomic mass is 32.2. The molecule has 0 fully saturated rings. The summed E-state index contributed by atoms with van der Waals surface area (Å²) in [7, 11) is 0. The summed E-state index contributed by atoms with van der Waals surface area (Å²) >= 11 is 1.27. The summed E-state index contributed by atoms with van der Waals surface area (Å²) in [4.78, 5) is 21.6. The summed E-state index contributed by atoms with van der Waals surface area (Å²) in [5, 5.41) is 4.33. The van der Waals surface area contributed by atoms with E-state index in [9.17, 15) is 4.79 Å². The van der Waals surface area contributed by atoms with Crippen molar-refractivity contribution in [2.24, 2.45) is 0 Å². The van der Waals surface area contributed by atoms with E-state index in [-0.39, 0.29) is 11.7 Å². The second-order valence-electron chi connectivity index (χ2n) is 7.14. The number of rotatable bonds is 6. The van der Waals surface area contributed by atoms with Crippen LogP contribution in [0.3, 0.4) is 0 Å². The lowest BCUT2D eigenvalue weighted by Gasteiger charge is -2.05. The summed E-state index contributed by atoms with van der Waals surface area (Å²) in [6.07, 6.45) is 1.66.